The van der Waals surface area contributed by atoms with Crippen LogP contribution in [0.1, 0.15) is 12.7 Å². The fourth-order valence-corrected chi connectivity index (χ4v) is 2.12. The van der Waals surface area contributed by atoms with Gasteiger partial charge in [-0.05, 0) is 12.1 Å². The van der Waals surface area contributed by atoms with Gasteiger partial charge in [0, 0.05) is 12.5 Å². The number of nitrogens with zero attached hydrogens (tertiary/aromatic N) is 5. The second-order valence-corrected chi connectivity index (χ2v) is 4.60. The predicted octanol–water partition coefficient (Wildman–Crippen LogP) is 2.94. The van der Waals surface area contributed by atoms with Gasteiger partial charge in [-0.3, -0.25) is 0 Å². The summed E-state index contributed by atoms with van der Waals surface area (Å²) in [6.07, 6.45) is 2.39. The van der Waals surface area contributed by atoms with E-state index in [0.29, 0.717) is 11.0 Å². The van der Waals surface area contributed by atoms with Crippen LogP contribution >= 0.6 is 11.6 Å². The molecule has 0 saturated carbocycles. The molecule has 2 aromatic heterocycles. The minimum Gasteiger partial charge on any atom is -0.231 e. The number of benzene rings is 1. The molecule has 0 aliphatic rings. The van der Waals surface area contributed by atoms with E-state index < -0.39 is 0 Å². The van der Waals surface area contributed by atoms with Crippen LogP contribution in [0.15, 0.2) is 42.6 Å². The van der Waals surface area contributed by atoms with Crippen molar-refractivity contribution < 1.29 is 0 Å². The first-order valence-corrected chi connectivity index (χ1v) is 6.65. The summed E-state index contributed by atoms with van der Waals surface area (Å²) in [5.41, 5.74) is 2.43. The maximum absolute atomic E-state index is 6.04. The summed E-state index contributed by atoms with van der Waals surface area (Å²) in [6, 6.07) is 11.5. The number of aryl methyl sites for hydroxylation is 1. The van der Waals surface area contributed by atoms with Gasteiger partial charge in [0.1, 0.15) is 16.7 Å². The normalized spacial score (nSPS) is 10.7. The highest BCUT2D eigenvalue weighted by atomic mass is 35.5. The highest BCUT2D eigenvalue weighted by Gasteiger charge is 2.12. The second kappa shape index (κ2) is 5.38. The van der Waals surface area contributed by atoms with Gasteiger partial charge in [-0.2, -0.15) is 0 Å². The summed E-state index contributed by atoms with van der Waals surface area (Å²) in [4.78, 5) is 8.65. The van der Waals surface area contributed by atoms with Crippen molar-refractivity contribution in [3.63, 3.8) is 0 Å². The van der Waals surface area contributed by atoms with E-state index in [1.807, 2.05) is 37.3 Å². The predicted molar refractivity (Wildman–Crippen MR) is 76.8 cm³/mol. The number of para-hydroxylation sites is 1. The lowest BCUT2D eigenvalue weighted by molar-refractivity contribution is 0.804. The van der Waals surface area contributed by atoms with E-state index >= 15 is 0 Å². The zero-order valence-electron chi connectivity index (χ0n) is 10.9. The number of aromatic nitrogens is 5. The van der Waals surface area contributed by atoms with Crippen molar-refractivity contribution in [3.05, 3.63) is 53.6 Å². The zero-order chi connectivity index (χ0) is 13.9. The Morgan fingerprint density at radius 1 is 1.15 bits per heavy atom. The van der Waals surface area contributed by atoms with E-state index in [9.17, 15) is 0 Å². The van der Waals surface area contributed by atoms with Gasteiger partial charge >= 0.3 is 0 Å². The Morgan fingerprint density at radius 3 is 2.70 bits per heavy atom. The molecular formula is C14H12ClN5. The van der Waals surface area contributed by atoms with Gasteiger partial charge in [-0.15, -0.1) is 5.10 Å². The number of rotatable bonds is 3. The molecular weight excluding hydrogens is 274 g/mol. The van der Waals surface area contributed by atoms with Crippen LogP contribution in [0, 0.1) is 0 Å². The third-order valence-corrected chi connectivity index (χ3v) is 3.06. The quantitative estimate of drug-likeness (QED) is 0.694. The minimum absolute atomic E-state index is 0.424. The fourth-order valence-electron chi connectivity index (χ4n) is 1.92. The maximum Gasteiger partial charge on any atom is 0.133 e. The SMILES string of the molecule is CCc1nc(Cl)cc(-c2cnnn2-c2ccccc2)n1. The van der Waals surface area contributed by atoms with Crippen LogP contribution in [0.4, 0.5) is 0 Å². The standard InChI is InChI=1S/C14H12ClN5/c1-2-14-17-11(8-13(15)18-14)12-9-16-19-20(12)10-6-4-3-5-7-10/h3-9H,2H2,1H3. The molecule has 0 N–H and O–H groups in total. The molecule has 5 nitrogen and oxygen atoms in total. The first kappa shape index (κ1) is 12.7. The molecule has 0 amide bonds. The van der Waals surface area contributed by atoms with Gasteiger partial charge in [-0.25, -0.2) is 14.6 Å². The van der Waals surface area contributed by atoms with Crippen molar-refractivity contribution in [3.8, 4) is 17.1 Å². The molecule has 0 unspecified atom stereocenters. The smallest absolute Gasteiger partial charge is 0.133 e. The summed E-state index contributed by atoms with van der Waals surface area (Å²) in [7, 11) is 0. The van der Waals surface area contributed by atoms with Gasteiger partial charge in [0.2, 0.25) is 0 Å². The largest absolute Gasteiger partial charge is 0.231 e. The summed E-state index contributed by atoms with van der Waals surface area (Å²) < 4.78 is 1.73. The molecule has 0 fully saturated rings. The summed E-state index contributed by atoms with van der Waals surface area (Å²) >= 11 is 6.04. The Kier molecular flexibility index (Phi) is 3.43. The molecule has 0 aliphatic carbocycles. The van der Waals surface area contributed by atoms with Crippen molar-refractivity contribution in [1.29, 1.82) is 0 Å². The molecule has 0 atom stereocenters. The average molecular weight is 286 g/mol. The van der Waals surface area contributed by atoms with Crippen LogP contribution < -0.4 is 0 Å². The van der Waals surface area contributed by atoms with Crippen LogP contribution in [-0.4, -0.2) is 25.0 Å². The van der Waals surface area contributed by atoms with E-state index in [4.69, 9.17) is 11.6 Å². The fraction of sp³-hybridized carbons (Fsp3) is 0.143. The lowest BCUT2D eigenvalue weighted by Crippen LogP contribution is -2.02. The van der Waals surface area contributed by atoms with Gasteiger partial charge < -0.3 is 0 Å². The molecule has 6 heteroatoms. The van der Waals surface area contributed by atoms with E-state index in [1.54, 1.807) is 16.9 Å². The third kappa shape index (κ3) is 2.40. The molecule has 100 valence electrons. The van der Waals surface area contributed by atoms with Crippen LogP contribution in [0.3, 0.4) is 0 Å². The van der Waals surface area contributed by atoms with Crippen molar-refractivity contribution in [2.45, 2.75) is 13.3 Å². The van der Waals surface area contributed by atoms with Crippen LogP contribution in [0.25, 0.3) is 17.1 Å². The average Bonchev–Trinajstić information content (AvgIpc) is 2.97. The highest BCUT2D eigenvalue weighted by Crippen LogP contribution is 2.21. The number of hydrogen-bond donors (Lipinski definition) is 0. The van der Waals surface area contributed by atoms with E-state index in [1.165, 1.54) is 0 Å². The molecule has 0 radical (unpaired) electrons. The summed E-state index contributed by atoms with van der Waals surface area (Å²) in [5.74, 6) is 0.702. The number of halogens is 1. The van der Waals surface area contributed by atoms with E-state index in [2.05, 4.69) is 20.3 Å². The van der Waals surface area contributed by atoms with E-state index in [-0.39, 0.29) is 0 Å². The van der Waals surface area contributed by atoms with Crippen LogP contribution in [-0.2, 0) is 6.42 Å². The second-order valence-electron chi connectivity index (χ2n) is 4.21. The number of hydrogen-bond acceptors (Lipinski definition) is 4. The Bertz CT molecular complexity index is 723. The van der Waals surface area contributed by atoms with Crippen molar-refractivity contribution in [2.75, 3.05) is 0 Å². The maximum atomic E-state index is 6.04. The topological polar surface area (TPSA) is 56.5 Å². The first-order chi connectivity index (χ1) is 9.78. The van der Waals surface area contributed by atoms with Crippen molar-refractivity contribution in [2.24, 2.45) is 0 Å². The minimum atomic E-state index is 0.424. The Morgan fingerprint density at radius 2 is 1.95 bits per heavy atom. The lowest BCUT2D eigenvalue weighted by Gasteiger charge is -2.06. The van der Waals surface area contributed by atoms with Gasteiger partial charge in [0.05, 0.1) is 17.6 Å². The van der Waals surface area contributed by atoms with Gasteiger partial charge in [0.25, 0.3) is 0 Å². The summed E-state index contributed by atoms with van der Waals surface area (Å²) in [6.45, 7) is 1.99. The Balaban J connectivity index is 2.13. The molecule has 1 aromatic carbocycles. The molecule has 3 rings (SSSR count). The molecule has 0 bridgehead atoms. The van der Waals surface area contributed by atoms with Crippen LogP contribution in [0.2, 0.25) is 5.15 Å². The molecule has 20 heavy (non-hydrogen) atoms. The molecule has 0 spiro atoms. The lowest BCUT2D eigenvalue weighted by atomic mass is 10.2. The van der Waals surface area contributed by atoms with Gasteiger partial charge in [0.15, 0.2) is 0 Å². The third-order valence-electron chi connectivity index (χ3n) is 2.87. The highest BCUT2D eigenvalue weighted by molar-refractivity contribution is 6.29. The first-order valence-electron chi connectivity index (χ1n) is 6.28. The van der Waals surface area contributed by atoms with Gasteiger partial charge in [-0.1, -0.05) is 41.9 Å². The molecule has 0 saturated heterocycles. The Hall–Kier alpha value is -2.27. The monoisotopic (exact) mass is 285 g/mol. The molecule has 2 heterocycles. The van der Waals surface area contributed by atoms with Crippen LogP contribution in [0.5, 0.6) is 0 Å². The Labute approximate surface area is 121 Å². The zero-order valence-corrected chi connectivity index (χ0v) is 11.6. The molecule has 0 aliphatic heterocycles. The van der Waals surface area contributed by atoms with E-state index in [0.717, 1.165) is 23.5 Å². The van der Waals surface area contributed by atoms with Crippen molar-refractivity contribution in [1.82, 2.24) is 25.0 Å². The summed E-state index contributed by atoms with van der Waals surface area (Å²) in [5, 5.41) is 8.50. The molecule has 3 aromatic rings. The van der Waals surface area contributed by atoms with Crippen molar-refractivity contribution >= 4 is 11.6 Å².